The summed E-state index contributed by atoms with van der Waals surface area (Å²) in [5, 5.41) is 0. The average molecular weight is 290 g/mol. The molecule has 0 aliphatic heterocycles. The second-order valence-corrected chi connectivity index (χ2v) is 6.06. The van der Waals surface area contributed by atoms with Gasteiger partial charge in [-0.1, -0.05) is 54.6 Å². The number of carbonyl (C=O) groups is 3. The monoisotopic (exact) mass is 290 g/mol. The third-order valence-corrected chi connectivity index (χ3v) is 4.81. The number of carbonyl (C=O) groups excluding carboxylic acids is 3. The number of fused-ring (bicyclic) bond motifs is 1. The molecule has 1 fully saturated rings. The Balaban J connectivity index is 1.85. The van der Waals surface area contributed by atoms with Crippen molar-refractivity contribution < 1.29 is 14.4 Å². The van der Waals surface area contributed by atoms with Gasteiger partial charge in [0, 0.05) is 16.7 Å². The molecule has 1 saturated carbocycles. The minimum absolute atomic E-state index is 0.0445. The molecule has 0 radical (unpaired) electrons. The molecule has 0 bridgehead atoms. The number of ketones is 3. The van der Waals surface area contributed by atoms with E-state index in [-0.39, 0.29) is 17.3 Å². The number of hydrogen-bond acceptors (Lipinski definition) is 3. The van der Waals surface area contributed by atoms with Crippen molar-refractivity contribution in [3.63, 3.8) is 0 Å². The Labute approximate surface area is 128 Å². The molecular formula is C19H14O3. The summed E-state index contributed by atoms with van der Waals surface area (Å²) >= 11 is 0. The average Bonchev–Trinajstić information content (AvgIpc) is 3.35. The summed E-state index contributed by atoms with van der Waals surface area (Å²) in [4.78, 5) is 38.5. The Morgan fingerprint density at radius 2 is 1.45 bits per heavy atom. The zero-order valence-corrected chi connectivity index (χ0v) is 11.9. The quantitative estimate of drug-likeness (QED) is 0.629. The van der Waals surface area contributed by atoms with Gasteiger partial charge in [0.1, 0.15) is 0 Å². The molecule has 22 heavy (non-hydrogen) atoms. The van der Waals surface area contributed by atoms with E-state index in [4.69, 9.17) is 0 Å². The van der Waals surface area contributed by atoms with Crippen molar-refractivity contribution in [3.8, 4) is 0 Å². The van der Waals surface area contributed by atoms with Crippen LogP contribution < -0.4 is 0 Å². The van der Waals surface area contributed by atoms with E-state index in [9.17, 15) is 14.4 Å². The fraction of sp³-hybridized carbons (Fsp3) is 0.211. The summed E-state index contributed by atoms with van der Waals surface area (Å²) in [7, 11) is 0. The highest BCUT2D eigenvalue weighted by Crippen LogP contribution is 2.58. The van der Waals surface area contributed by atoms with Crippen LogP contribution in [0, 0.1) is 11.3 Å². The molecule has 2 aromatic rings. The van der Waals surface area contributed by atoms with E-state index in [1.807, 2.05) is 6.07 Å². The Bertz CT molecular complexity index is 800. The van der Waals surface area contributed by atoms with Gasteiger partial charge in [0.05, 0.1) is 11.3 Å². The highest BCUT2D eigenvalue weighted by atomic mass is 16.2. The molecule has 1 spiro atoms. The summed E-state index contributed by atoms with van der Waals surface area (Å²) in [6, 6.07) is 15.6. The van der Waals surface area contributed by atoms with Crippen LogP contribution >= 0.6 is 0 Å². The first-order valence-corrected chi connectivity index (χ1v) is 7.42. The van der Waals surface area contributed by atoms with Crippen LogP contribution in [0.5, 0.6) is 0 Å². The molecule has 3 nitrogen and oxygen atoms in total. The Hall–Kier alpha value is -2.55. The van der Waals surface area contributed by atoms with Crippen molar-refractivity contribution in [2.45, 2.75) is 12.8 Å². The molecule has 1 unspecified atom stereocenters. The first-order chi connectivity index (χ1) is 10.6. The van der Waals surface area contributed by atoms with E-state index in [1.165, 1.54) is 0 Å². The molecule has 2 aromatic carbocycles. The SMILES string of the molecule is O=C(c1ccccc1)C1C(=O)c2ccccc2C(=O)C12CC2. The standard InChI is InChI=1S/C19H14O3/c20-16(12-6-2-1-3-7-12)15-17(21)13-8-4-5-9-14(13)18(22)19(15)10-11-19/h1-9,15H,10-11H2. The van der Waals surface area contributed by atoms with Crippen LogP contribution in [-0.4, -0.2) is 17.3 Å². The van der Waals surface area contributed by atoms with Crippen molar-refractivity contribution in [1.29, 1.82) is 0 Å². The van der Waals surface area contributed by atoms with Crippen molar-refractivity contribution in [2.24, 2.45) is 11.3 Å². The van der Waals surface area contributed by atoms with Crippen LogP contribution in [0.2, 0.25) is 0 Å². The normalized spacial score (nSPS) is 21.5. The van der Waals surface area contributed by atoms with Gasteiger partial charge in [-0.15, -0.1) is 0 Å². The molecule has 0 saturated heterocycles. The first-order valence-electron chi connectivity index (χ1n) is 7.42. The van der Waals surface area contributed by atoms with Crippen LogP contribution in [-0.2, 0) is 0 Å². The lowest BCUT2D eigenvalue weighted by Gasteiger charge is -2.29. The predicted molar refractivity (Wildman–Crippen MR) is 81.0 cm³/mol. The molecule has 0 aromatic heterocycles. The smallest absolute Gasteiger partial charge is 0.175 e. The second-order valence-electron chi connectivity index (χ2n) is 6.06. The molecule has 2 aliphatic carbocycles. The second kappa shape index (κ2) is 4.47. The number of hydrogen-bond donors (Lipinski definition) is 0. The van der Waals surface area contributed by atoms with Crippen LogP contribution in [0.15, 0.2) is 54.6 Å². The van der Waals surface area contributed by atoms with E-state index in [2.05, 4.69) is 0 Å². The van der Waals surface area contributed by atoms with Crippen molar-refractivity contribution in [3.05, 3.63) is 71.3 Å². The zero-order valence-electron chi connectivity index (χ0n) is 11.9. The maximum absolute atomic E-state index is 12.9. The van der Waals surface area contributed by atoms with Crippen LogP contribution in [0.4, 0.5) is 0 Å². The molecule has 0 amide bonds. The van der Waals surface area contributed by atoms with E-state index in [0.29, 0.717) is 29.5 Å². The van der Waals surface area contributed by atoms with Gasteiger partial charge in [0.2, 0.25) is 0 Å². The fourth-order valence-electron chi connectivity index (χ4n) is 3.49. The van der Waals surface area contributed by atoms with Crippen LogP contribution in [0.1, 0.15) is 43.9 Å². The first kappa shape index (κ1) is 13.1. The van der Waals surface area contributed by atoms with Gasteiger partial charge < -0.3 is 0 Å². The summed E-state index contributed by atoms with van der Waals surface area (Å²) in [6.07, 6.45) is 1.24. The minimum atomic E-state index is -0.864. The van der Waals surface area contributed by atoms with Crippen molar-refractivity contribution in [2.75, 3.05) is 0 Å². The predicted octanol–water partition coefficient (Wildman–Crippen LogP) is 3.34. The molecule has 108 valence electrons. The zero-order chi connectivity index (χ0) is 15.3. The van der Waals surface area contributed by atoms with Crippen LogP contribution in [0.3, 0.4) is 0 Å². The van der Waals surface area contributed by atoms with E-state index in [0.717, 1.165) is 0 Å². The number of rotatable bonds is 2. The summed E-state index contributed by atoms with van der Waals surface area (Å²) in [6.45, 7) is 0. The van der Waals surface area contributed by atoms with Gasteiger partial charge in [-0.3, -0.25) is 14.4 Å². The van der Waals surface area contributed by atoms with E-state index < -0.39 is 11.3 Å². The minimum Gasteiger partial charge on any atom is -0.293 e. The summed E-state index contributed by atoms with van der Waals surface area (Å²) in [5.41, 5.74) is 0.568. The van der Waals surface area contributed by atoms with Gasteiger partial charge >= 0.3 is 0 Å². The lowest BCUT2D eigenvalue weighted by Crippen LogP contribution is -2.42. The molecule has 3 heteroatoms. The highest BCUT2D eigenvalue weighted by Gasteiger charge is 2.63. The fourth-order valence-corrected chi connectivity index (χ4v) is 3.49. The molecule has 0 heterocycles. The third kappa shape index (κ3) is 1.65. The number of benzene rings is 2. The van der Waals surface area contributed by atoms with Gasteiger partial charge in [-0.05, 0) is 12.8 Å². The Morgan fingerprint density at radius 3 is 2.09 bits per heavy atom. The van der Waals surface area contributed by atoms with Gasteiger partial charge in [-0.25, -0.2) is 0 Å². The van der Waals surface area contributed by atoms with Crippen LogP contribution in [0.25, 0.3) is 0 Å². The highest BCUT2D eigenvalue weighted by molar-refractivity contribution is 6.27. The Kier molecular flexibility index (Phi) is 2.67. The largest absolute Gasteiger partial charge is 0.293 e. The number of Topliss-reactive ketones (excluding diaryl/α,β-unsaturated/α-hetero) is 3. The van der Waals surface area contributed by atoms with Gasteiger partial charge in [-0.2, -0.15) is 0 Å². The van der Waals surface area contributed by atoms with E-state index in [1.54, 1.807) is 48.5 Å². The summed E-state index contributed by atoms with van der Waals surface area (Å²) in [5.74, 6) is -1.35. The molecular weight excluding hydrogens is 276 g/mol. The molecule has 0 N–H and O–H groups in total. The van der Waals surface area contributed by atoms with Crippen molar-refractivity contribution in [1.82, 2.24) is 0 Å². The molecule has 2 aliphatic rings. The lowest BCUT2D eigenvalue weighted by molar-refractivity contribution is 0.0634. The topological polar surface area (TPSA) is 51.2 Å². The van der Waals surface area contributed by atoms with E-state index >= 15 is 0 Å². The molecule has 4 rings (SSSR count). The van der Waals surface area contributed by atoms with Crippen molar-refractivity contribution >= 4 is 17.3 Å². The maximum Gasteiger partial charge on any atom is 0.175 e. The lowest BCUT2D eigenvalue weighted by atomic mass is 9.68. The van der Waals surface area contributed by atoms with Gasteiger partial charge in [0.25, 0.3) is 0 Å². The Morgan fingerprint density at radius 1 is 0.864 bits per heavy atom. The molecule has 1 atom stereocenters. The maximum atomic E-state index is 12.9. The summed E-state index contributed by atoms with van der Waals surface area (Å²) < 4.78 is 0. The third-order valence-electron chi connectivity index (χ3n) is 4.81. The van der Waals surface area contributed by atoms with Gasteiger partial charge in [0.15, 0.2) is 17.3 Å².